The smallest absolute Gasteiger partial charge is 0.196 e. The van der Waals surface area contributed by atoms with Crippen LogP contribution in [-0.2, 0) is 6.61 Å². The molecule has 174 valence electrons. The Bertz CT molecular complexity index is 1280. The number of benzene rings is 3. The van der Waals surface area contributed by atoms with Crippen LogP contribution in [0.3, 0.4) is 0 Å². The molecule has 0 aliphatic carbocycles. The van der Waals surface area contributed by atoms with Gasteiger partial charge in [-0.05, 0) is 48.5 Å². The zero-order valence-electron chi connectivity index (χ0n) is 18.6. The molecule has 0 fully saturated rings. The number of carbonyl (C=O) groups is 1. The molecule has 0 saturated carbocycles. The third kappa shape index (κ3) is 5.20. The minimum absolute atomic E-state index is 0.0503. The van der Waals surface area contributed by atoms with Crippen LogP contribution in [0.5, 0.6) is 17.2 Å². The summed E-state index contributed by atoms with van der Waals surface area (Å²) in [4.78, 5) is 12.8. The molecule has 34 heavy (non-hydrogen) atoms. The normalized spacial score (nSPS) is 10.7. The summed E-state index contributed by atoms with van der Waals surface area (Å²) in [5.41, 5.74) is 0.741. The lowest BCUT2D eigenvalue weighted by Gasteiger charge is -2.12. The summed E-state index contributed by atoms with van der Waals surface area (Å²) in [6.07, 6.45) is 0. The van der Waals surface area contributed by atoms with Gasteiger partial charge in [-0.2, -0.15) is 0 Å². The molecule has 0 aliphatic rings. The van der Waals surface area contributed by atoms with Crippen molar-refractivity contribution in [2.45, 2.75) is 11.8 Å². The van der Waals surface area contributed by atoms with Gasteiger partial charge in [0.15, 0.2) is 16.8 Å². The number of rotatable bonds is 10. The summed E-state index contributed by atoms with van der Waals surface area (Å²) in [7, 11) is 3.10. The van der Waals surface area contributed by atoms with Gasteiger partial charge in [0.25, 0.3) is 0 Å². The van der Waals surface area contributed by atoms with E-state index < -0.39 is 5.82 Å². The van der Waals surface area contributed by atoms with Gasteiger partial charge < -0.3 is 14.2 Å². The van der Waals surface area contributed by atoms with E-state index in [4.69, 9.17) is 14.2 Å². The molecule has 0 bridgehead atoms. The summed E-state index contributed by atoms with van der Waals surface area (Å²) >= 11 is 1.17. The highest BCUT2D eigenvalue weighted by Crippen LogP contribution is 2.27. The van der Waals surface area contributed by atoms with Crippen molar-refractivity contribution in [3.8, 4) is 22.9 Å². The first-order valence-corrected chi connectivity index (χ1v) is 11.3. The molecule has 9 heteroatoms. The Hall–Kier alpha value is -3.85. The molecule has 7 nitrogen and oxygen atoms in total. The van der Waals surface area contributed by atoms with Crippen LogP contribution in [0.25, 0.3) is 5.69 Å². The van der Waals surface area contributed by atoms with Crippen molar-refractivity contribution < 1.29 is 23.4 Å². The maximum atomic E-state index is 14.7. The first-order chi connectivity index (χ1) is 16.6. The van der Waals surface area contributed by atoms with Gasteiger partial charge in [0.1, 0.15) is 29.7 Å². The number of hydrogen-bond acceptors (Lipinski definition) is 7. The lowest BCUT2D eigenvalue weighted by Crippen LogP contribution is -2.10. The van der Waals surface area contributed by atoms with Crippen molar-refractivity contribution in [2.75, 3.05) is 20.0 Å². The number of para-hydroxylation sites is 2. The van der Waals surface area contributed by atoms with E-state index in [1.54, 1.807) is 78.4 Å². The molecule has 0 aliphatic heterocycles. The molecule has 0 unspecified atom stereocenters. The highest BCUT2D eigenvalue weighted by molar-refractivity contribution is 7.99. The maximum Gasteiger partial charge on any atom is 0.196 e. The van der Waals surface area contributed by atoms with E-state index in [0.717, 1.165) is 0 Å². The van der Waals surface area contributed by atoms with Crippen LogP contribution in [0.15, 0.2) is 78.0 Å². The molecule has 3 aromatic carbocycles. The fourth-order valence-electron chi connectivity index (χ4n) is 3.27. The summed E-state index contributed by atoms with van der Waals surface area (Å²) in [5, 5.41) is 8.79. The van der Waals surface area contributed by atoms with Crippen LogP contribution >= 0.6 is 11.8 Å². The van der Waals surface area contributed by atoms with Crippen LogP contribution in [0, 0.1) is 5.82 Å². The SMILES string of the molecule is COc1ccc(OCc2nnc(SCC(=O)c3ccccc3OC)n2-c2ccccc2F)cc1. The second-order valence-electron chi connectivity index (χ2n) is 7.06. The zero-order chi connectivity index (χ0) is 23.9. The first-order valence-electron chi connectivity index (χ1n) is 10.4. The Balaban J connectivity index is 1.57. The molecule has 0 saturated heterocycles. The molecule has 0 amide bonds. The van der Waals surface area contributed by atoms with E-state index >= 15 is 0 Å². The summed E-state index contributed by atoms with van der Waals surface area (Å²) < 4.78 is 32.5. The van der Waals surface area contributed by atoms with Crippen LogP contribution < -0.4 is 14.2 Å². The van der Waals surface area contributed by atoms with E-state index in [-0.39, 0.29) is 23.8 Å². The molecule has 4 aromatic rings. The van der Waals surface area contributed by atoms with Crippen molar-refractivity contribution in [1.82, 2.24) is 14.8 Å². The highest BCUT2D eigenvalue weighted by atomic mass is 32.2. The number of carbonyl (C=O) groups excluding carboxylic acids is 1. The molecular formula is C25H22FN3O4S. The molecule has 0 spiro atoms. The van der Waals surface area contributed by atoms with Crippen LogP contribution in [0.1, 0.15) is 16.2 Å². The average Bonchev–Trinajstić information content (AvgIpc) is 3.29. The number of Topliss-reactive ketones (excluding diaryl/α,β-unsaturated/α-hetero) is 1. The minimum Gasteiger partial charge on any atom is -0.497 e. The number of nitrogens with zero attached hydrogens (tertiary/aromatic N) is 3. The van der Waals surface area contributed by atoms with Gasteiger partial charge in [0.2, 0.25) is 0 Å². The predicted molar refractivity (Wildman–Crippen MR) is 127 cm³/mol. The molecule has 0 N–H and O–H groups in total. The molecular weight excluding hydrogens is 457 g/mol. The third-order valence-corrected chi connectivity index (χ3v) is 5.89. The number of ether oxygens (including phenoxy) is 3. The van der Waals surface area contributed by atoms with Gasteiger partial charge in [-0.1, -0.05) is 36.0 Å². The van der Waals surface area contributed by atoms with Crippen molar-refractivity contribution in [2.24, 2.45) is 0 Å². The number of halogens is 1. The van der Waals surface area contributed by atoms with Gasteiger partial charge >= 0.3 is 0 Å². The number of hydrogen-bond donors (Lipinski definition) is 0. The topological polar surface area (TPSA) is 75.5 Å². The monoisotopic (exact) mass is 479 g/mol. The van der Waals surface area contributed by atoms with Crippen LogP contribution in [0.4, 0.5) is 4.39 Å². The second kappa shape index (κ2) is 10.8. The molecule has 0 atom stereocenters. The minimum atomic E-state index is -0.439. The Morgan fingerprint density at radius 1 is 0.912 bits per heavy atom. The van der Waals surface area contributed by atoms with Gasteiger partial charge in [-0.15, -0.1) is 10.2 Å². The van der Waals surface area contributed by atoms with Gasteiger partial charge in [-0.25, -0.2) is 4.39 Å². The van der Waals surface area contributed by atoms with Crippen LogP contribution in [-0.4, -0.2) is 40.5 Å². The lowest BCUT2D eigenvalue weighted by atomic mass is 10.1. The average molecular weight is 480 g/mol. The number of thioether (sulfide) groups is 1. The number of aromatic nitrogens is 3. The van der Waals surface area contributed by atoms with Crippen molar-refractivity contribution in [1.29, 1.82) is 0 Å². The quantitative estimate of drug-likeness (QED) is 0.235. The molecule has 0 radical (unpaired) electrons. The Kier molecular flexibility index (Phi) is 7.44. The fraction of sp³-hybridized carbons (Fsp3) is 0.160. The molecule has 1 aromatic heterocycles. The number of ketones is 1. The number of methoxy groups -OCH3 is 2. The van der Waals surface area contributed by atoms with E-state index in [0.29, 0.717) is 33.8 Å². The van der Waals surface area contributed by atoms with Crippen molar-refractivity contribution in [3.63, 3.8) is 0 Å². The van der Waals surface area contributed by atoms with Crippen LogP contribution in [0.2, 0.25) is 0 Å². The van der Waals surface area contributed by atoms with Gasteiger partial charge in [0, 0.05) is 0 Å². The maximum absolute atomic E-state index is 14.7. The molecule has 4 rings (SSSR count). The van der Waals surface area contributed by atoms with E-state index in [1.807, 2.05) is 0 Å². The third-order valence-electron chi connectivity index (χ3n) is 4.96. The predicted octanol–water partition coefficient (Wildman–Crippen LogP) is 4.98. The Labute approximate surface area is 200 Å². The Morgan fingerprint density at radius 2 is 1.62 bits per heavy atom. The van der Waals surface area contributed by atoms with E-state index in [9.17, 15) is 9.18 Å². The van der Waals surface area contributed by atoms with Gasteiger partial charge in [-0.3, -0.25) is 9.36 Å². The fourth-order valence-corrected chi connectivity index (χ4v) is 4.11. The summed E-state index contributed by atoms with van der Waals surface area (Å²) in [5.74, 6) is 1.70. The largest absolute Gasteiger partial charge is 0.497 e. The summed E-state index contributed by atoms with van der Waals surface area (Å²) in [6, 6.07) is 20.4. The van der Waals surface area contributed by atoms with Gasteiger partial charge in [0.05, 0.1) is 31.2 Å². The lowest BCUT2D eigenvalue weighted by molar-refractivity contribution is 0.101. The molecule has 1 heterocycles. The van der Waals surface area contributed by atoms with Crippen molar-refractivity contribution >= 4 is 17.5 Å². The zero-order valence-corrected chi connectivity index (χ0v) is 19.4. The van der Waals surface area contributed by atoms with E-state index in [2.05, 4.69) is 10.2 Å². The standard InChI is InChI=1S/C25H22FN3O4S/c1-31-17-11-13-18(14-12-17)33-15-24-27-28-25(29(24)21-9-5-4-8-20(21)26)34-16-22(30)19-7-3-6-10-23(19)32-2/h3-14H,15-16H2,1-2H3. The summed E-state index contributed by atoms with van der Waals surface area (Å²) in [6.45, 7) is 0.0503. The van der Waals surface area contributed by atoms with Crippen molar-refractivity contribution in [3.05, 3.63) is 90.0 Å². The highest BCUT2D eigenvalue weighted by Gasteiger charge is 2.20. The Morgan fingerprint density at radius 3 is 2.35 bits per heavy atom. The first kappa shape index (κ1) is 23.3. The second-order valence-corrected chi connectivity index (χ2v) is 8.00. The van der Waals surface area contributed by atoms with E-state index in [1.165, 1.54) is 24.9 Å².